The highest BCUT2D eigenvalue weighted by atomic mass is 16.5. The maximum atomic E-state index is 11.6. The Morgan fingerprint density at radius 2 is 2.18 bits per heavy atom. The van der Waals surface area contributed by atoms with Crippen molar-refractivity contribution in [2.75, 3.05) is 18.2 Å². The molecule has 1 fully saturated rings. The fraction of sp³-hybridized carbons (Fsp3) is 0.462. The minimum Gasteiger partial charge on any atom is -0.465 e. The molecule has 0 bridgehead atoms. The Hall–Kier alpha value is -1.71. The molecule has 1 saturated carbocycles. The van der Waals surface area contributed by atoms with Crippen molar-refractivity contribution in [1.82, 2.24) is 0 Å². The molecule has 0 heterocycles. The molecule has 0 aliphatic heterocycles. The van der Waals surface area contributed by atoms with Crippen molar-refractivity contribution in [3.05, 3.63) is 23.8 Å². The monoisotopic (exact) mass is 234 g/mol. The van der Waals surface area contributed by atoms with Gasteiger partial charge in [0.25, 0.3) is 0 Å². The molecule has 1 unspecified atom stereocenters. The van der Waals surface area contributed by atoms with Crippen LogP contribution in [0, 0.1) is 5.41 Å². The van der Waals surface area contributed by atoms with Crippen molar-refractivity contribution in [2.45, 2.75) is 26.3 Å². The lowest BCUT2D eigenvalue weighted by atomic mass is 10.1. The van der Waals surface area contributed by atoms with E-state index in [9.17, 15) is 4.79 Å². The van der Waals surface area contributed by atoms with E-state index in [4.69, 9.17) is 10.5 Å². The summed E-state index contributed by atoms with van der Waals surface area (Å²) in [7, 11) is 1.37. The Kier molecular flexibility index (Phi) is 2.73. The fourth-order valence-corrected chi connectivity index (χ4v) is 1.87. The average Bonchev–Trinajstić information content (AvgIpc) is 2.87. The van der Waals surface area contributed by atoms with Crippen LogP contribution in [0.1, 0.15) is 30.6 Å². The highest BCUT2D eigenvalue weighted by Crippen LogP contribution is 2.46. The van der Waals surface area contributed by atoms with Crippen LogP contribution in [-0.4, -0.2) is 19.1 Å². The second-order valence-corrected chi connectivity index (χ2v) is 5.19. The van der Waals surface area contributed by atoms with Gasteiger partial charge in [-0.2, -0.15) is 0 Å². The molecule has 0 amide bonds. The number of esters is 1. The van der Waals surface area contributed by atoms with Crippen LogP contribution in [0.3, 0.4) is 0 Å². The minimum atomic E-state index is -0.363. The maximum absolute atomic E-state index is 11.6. The van der Waals surface area contributed by atoms with Gasteiger partial charge < -0.3 is 15.8 Å². The van der Waals surface area contributed by atoms with E-state index in [1.807, 2.05) is 6.07 Å². The van der Waals surface area contributed by atoms with E-state index in [0.717, 1.165) is 12.1 Å². The number of anilines is 2. The quantitative estimate of drug-likeness (QED) is 0.622. The number of nitrogen functional groups attached to an aromatic ring is 1. The summed E-state index contributed by atoms with van der Waals surface area (Å²) in [6.45, 7) is 4.39. The third-order valence-corrected chi connectivity index (χ3v) is 3.29. The molecule has 92 valence electrons. The fourth-order valence-electron chi connectivity index (χ4n) is 1.87. The summed E-state index contributed by atoms with van der Waals surface area (Å²) in [4.78, 5) is 11.6. The number of hydrogen-bond donors (Lipinski definition) is 2. The largest absolute Gasteiger partial charge is 0.465 e. The normalized spacial score (nSPS) is 20.8. The highest BCUT2D eigenvalue weighted by Gasteiger charge is 2.45. The molecular formula is C13H18N2O2. The lowest BCUT2D eigenvalue weighted by molar-refractivity contribution is 0.0602. The van der Waals surface area contributed by atoms with E-state index in [1.54, 1.807) is 12.1 Å². The zero-order valence-corrected chi connectivity index (χ0v) is 10.4. The second-order valence-electron chi connectivity index (χ2n) is 5.19. The molecular weight excluding hydrogens is 216 g/mol. The molecule has 2 rings (SSSR count). The molecule has 4 heteroatoms. The van der Waals surface area contributed by atoms with Gasteiger partial charge in [-0.1, -0.05) is 13.8 Å². The Labute approximate surface area is 101 Å². The zero-order valence-electron chi connectivity index (χ0n) is 10.4. The first-order valence-corrected chi connectivity index (χ1v) is 5.68. The van der Waals surface area contributed by atoms with Crippen LogP contribution in [0.5, 0.6) is 0 Å². The van der Waals surface area contributed by atoms with Gasteiger partial charge in [0.1, 0.15) is 0 Å². The van der Waals surface area contributed by atoms with Gasteiger partial charge in [0.15, 0.2) is 0 Å². The van der Waals surface area contributed by atoms with Crippen LogP contribution in [0.2, 0.25) is 0 Å². The van der Waals surface area contributed by atoms with Crippen LogP contribution >= 0.6 is 0 Å². The Morgan fingerprint density at radius 1 is 1.53 bits per heavy atom. The predicted octanol–water partition coefficient (Wildman–Crippen LogP) is 2.27. The molecule has 0 radical (unpaired) electrons. The summed E-state index contributed by atoms with van der Waals surface area (Å²) in [6.07, 6.45) is 1.11. The number of nitrogens with one attached hydrogen (secondary N) is 1. The lowest BCUT2D eigenvalue weighted by Crippen LogP contribution is -2.13. The number of carbonyl (C=O) groups excluding carboxylic acids is 1. The molecule has 0 spiro atoms. The summed E-state index contributed by atoms with van der Waals surface area (Å²) < 4.78 is 4.75. The van der Waals surface area contributed by atoms with Crippen molar-refractivity contribution in [3.63, 3.8) is 0 Å². The Bertz CT molecular complexity index is 455. The number of carbonyl (C=O) groups is 1. The van der Waals surface area contributed by atoms with Crippen LogP contribution in [-0.2, 0) is 4.74 Å². The average molecular weight is 234 g/mol. The van der Waals surface area contributed by atoms with E-state index in [-0.39, 0.29) is 5.97 Å². The van der Waals surface area contributed by atoms with Crippen LogP contribution < -0.4 is 11.1 Å². The van der Waals surface area contributed by atoms with E-state index in [0.29, 0.717) is 22.7 Å². The molecule has 0 aromatic heterocycles. The van der Waals surface area contributed by atoms with Gasteiger partial charge in [0.2, 0.25) is 0 Å². The van der Waals surface area contributed by atoms with Crippen molar-refractivity contribution in [2.24, 2.45) is 5.41 Å². The van der Waals surface area contributed by atoms with Crippen LogP contribution in [0.25, 0.3) is 0 Å². The van der Waals surface area contributed by atoms with Crippen molar-refractivity contribution < 1.29 is 9.53 Å². The summed E-state index contributed by atoms with van der Waals surface area (Å²) in [5.74, 6) is -0.363. The van der Waals surface area contributed by atoms with E-state index in [1.165, 1.54) is 7.11 Å². The van der Waals surface area contributed by atoms with E-state index < -0.39 is 0 Å². The highest BCUT2D eigenvalue weighted by molar-refractivity contribution is 5.96. The topological polar surface area (TPSA) is 64.3 Å². The van der Waals surface area contributed by atoms with Crippen LogP contribution in [0.15, 0.2) is 18.2 Å². The van der Waals surface area contributed by atoms with Gasteiger partial charge in [0, 0.05) is 17.4 Å². The summed E-state index contributed by atoms with van der Waals surface area (Å²) >= 11 is 0. The van der Waals surface area contributed by atoms with Gasteiger partial charge in [-0.05, 0) is 30.0 Å². The predicted molar refractivity (Wildman–Crippen MR) is 68.0 cm³/mol. The van der Waals surface area contributed by atoms with E-state index in [2.05, 4.69) is 19.2 Å². The van der Waals surface area contributed by atoms with Gasteiger partial charge in [-0.3, -0.25) is 0 Å². The molecule has 1 atom stereocenters. The van der Waals surface area contributed by atoms with Gasteiger partial charge >= 0.3 is 5.97 Å². The first-order chi connectivity index (χ1) is 7.94. The first kappa shape index (κ1) is 11.8. The van der Waals surface area contributed by atoms with Crippen molar-refractivity contribution in [3.8, 4) is 0 Å². The number of benzene rings is 1. The maximum Gasteiger partial charge on any atom is 0.340 e. The van der Waals surface area contributed by atoms with Crippen molar-refractivity contribution in [1.29, 1.82) is 0 Å². The molecule has 1 aromatic rings. The number of ether oxygens (including phenoxy) is 1. The molecule has 1 aromatic carbocycles. The van der Waals surface area contributed by atoms with Gasteiger partial charge in [0.05, 0.1) is 12.7 Å². The third-order valence-electron chi connectivity index (χ3n) is 3.29. The Balaban J connectivity index is 2.24. The third kappa shape index (κ3) is 2.35. The summed E-state index contributed by atoms with van der Waals surface area (Å²) in [5, 5.41) is 3.36. The van der Waals surface area contributed by atoms with Crippen LogP contribution in [0.4, 0.5) is 11.4 Å². The zero-order chi connectivity index (χ0) is 12.6. The number of hydrogen-bond acceptors (Lipinski definition) is 4. The van der Waals surface area contributed by atoms with Gasteiger partial charge in [-0.25, -0.2) is 4.79 Å². The lowest BCUT2D eigenvalue weighted by Gasteiger charge is -2.12. The molecule has 0 saturated heterocycles. The number of rotatable bonds is 3. The smallest absolute Gasteiger partial charge is 0.340 e. The van der Waals surface area contributed by atoms with Gasteiger partial charge in [-0.15, -0.1) is 0 Å². The summed E-state index contributed by atoms with van der Waals surface area (Å²) in [5.41, 5.74) is 7.83. The van der Waals surface area contributed by atoms with Crippen molar-refractivity contribution >= 4 is 17.3 Å². The minimum absolute atomic E-state index is 0.300. The number of methoxy groups -OCH3 is 1. The molecule has 1 aliphatic rings. The molecule has 17 heavy (non-hydrogen) atoms. The Morgan fingerprint density at radius 3 is 2.71 bits per heavy atom. The standard InChI is InChI=1S/C13H18N2O2/c1-13(2)7-11(13)15-10-5-4-8(14)6-9(10)12(16)17-3/h4-6,11,15H,7,14H2,1-3H3. The number of nitrogens with two attached hydrogens (primary N) is 1. The second kappa shape index (κ2) is 3.95. The summed E-state index contributed by atoms with van der Waals surface area (Å²) in [6, 6.07) is 5.67. The first-order valence-electron chi connectivity index (χ1n) is 5.68. The molecule has 1 aliphatic carbocycles. The van der Waals surface area contributed by atoms with E-state index >= 15 is 0 Å². The SMILES string of the molecule is COC(=O)c1cc(N)ccc1NC1CC1(C)C. The molecule has 3 N–H and O–H groups in total. The molecule has 4 nitrogen and oxygen atoms in total.